The monoisotopic (exact) mass is 228 g/mol. The highest BCUT2D eigenvalue weighted by Crippen LogP contribution is 2.39. The van der Waals surface area contributed by atoms with Crippen molar-refractivity contribution in [2.45, 2.75) is 31.4 Å². The van der Waals surface area contributed by atoms with Crippen molar-refractivity contribution in [2.75, 3.05) is 12.4 Å². The molecule has 1 aromatic heterocycles. The summed E-state index contributed by atoms with van der Waals surface area (Å²) in [6.45, 7) is 2.26. The van der Waals surface area contributed by atoms with Crippen molar-refractivity contribution in [1.29, 1.82) is 0 Å². The molecule has 0 radical (unpaired) electrons. The molecule has 0 spiro atoms. The van der Waals surface area contributed by atoms with Gasteiger partial charge in [0.1, 0.15) is 0 Å². The average Bonchev–Trinajstić information content (AvgIpc) is 2.99. The Labute approximate surface area is 93.5 Å². The standard InChI is InChI=1S/C10H16N2O2S/c1-7(4-13)5-15-6-9-11-12-10(14-9)8-2-3-8/h7-8,13H,2-6H2,1H3. The van der Waals surface area contributed by atoms with E-state index in [0.717, 1.165) is 17.4 Å². The topological polar surface area (TPSA) is 59.2 Å². The Morgan fingerprint density at radius 2 is 2.33 bits per heavy atom. The number of aromatic nitrogens is 2. The number of thioether (sulfide) groups is 1. The van der Waals surface area contributed by atoms with Crippen LogP contribution in [0.1, 0.15) is 37.5 Å². The normalized spacial score (nSPS) is 18.0. The third-order valence-electron chi connectivity index (χ3n) is 2.35. The predicted octanol–water partition coefficient (Wildman–Crippen LogP) is 1.81. The summed E-state index contributed by atoms with van der Waals surface area (Å²) >= 11 is 1.73. The van der Waals surface area contributed by atoms with Gasteiger partial charge in [0.25, 0.3) is 0 Å². The van der Waals surface area contributed by atoms with Gasteiger partial charge in [-0.2, -0.15) is 11.8 Å². The van der Waals surface area contributed by atoms with Gasteiger partial charge in [-0.15, -0.1) is 10.2 Å². The molecule has 5 heteroatoms. The molecule has 0 bridgehead atoms. The quantitative estimate of drug-likeness (QED) is 0.804. The molecule has 1 aromatic rings. The highest BCUT2D eigenvalue weighted by Gasteiger charge is 2.29. The van der Waals surface area contributed by atoms with Crippen LogP contribution in [0.3, 0.4) is 0 Å². The zero-order chi connectivity index (χ0) is 10.7. The molecule has 0 aliphatic heterocycles. The molecule has 1 unspecified atom stereocenters. The summed E-state index contributed by atoms with van der Waals surface area (Å²) in [5.74, 6) is 4.07. The van der Waals surface area contributed by atoms with E-state index in [0.29, 0.717) is 17.7 Å². The molecule has 0 aromatic carbocycles. The van der Waals surface area contributed by atoms with Crippen molar-refractivity contribution in [3.8, 4) is 0 Å². The number of hydrogen-bond donors (Lipinski definition) is 1. The van der Waals surface area contributed by atoms with Crippen LogP contribution in [-0.4, -0.2) is 27.7 Å². The van der Waals surface area contributed by atoms with Crippen LogP contribution in [0.15, 0.2) is 4.42 Å². The highest BCUT2D eigenvalue weighted by atomic mass is 32.2. The van der Waals surface area contributed by atoms with E-state index in [2.05, 4.69) is 10.2 Å². The molecular formula is C10H16N2O2S. The average molecular weight is 228 g/mol. The molecule has 84 valence electrons. The van der Waals surface area contributed by atoms with Gasteiger partial charge in [0.2, 0.25) is 11.8 Å². The Morgan fingerprint density at radius 1 is 1.53 bits per heavy atom. The summed E-state index contributed by atoms with van der Waals surface area (Å²) in [6, 6.07) is 0. The molecule has 0 amide bonds. The van der Waals surface area contributed by atoms with Crippen LogP contribution >= 0.6 is 11.8 Å². The fourth-order valence-electron chi connectivity index (χ4n) is 1.22. The van der Waals surface area contributed by atoms with E-state index in [1.54, 1.807) is 11.8 Å². The second-order valence-electron chi connectivity index (χ2n) is 4.11. The van der Waals surface area contributed by atoms with Gasteiger partial charge in [0.15, 0.2) is 0 Å². The summed E-state index contributed by atoms with van der Waals surface area (Å²) in [4.78, 5) is 0. The largest absolute Gasteiger partial charge is 0.424 e. The first-order valence-electron chi connectivity index (χ1n) is 5.30. The van der Waals surface area contributed by atoms with Crippen molar-refractivity contribution >= 4 is 11.8 Å². The van der Waals surface area contributed by atoms with E-state index in [9.17, 15) is 0 Å². The smallest absolute Gasteiger partial charge is 0.226 e. The third-order valence-corrected chi connectivity index (χ3v) is 3.60. The molecule has 1 fully saturated rings. The molecule has 2 rings (SSSR count). The maximum absolute atomic E-state index is 8.85. The highest BCUT2D eigenvalue weighted by molar-refractivity contribution is 7.98. The second kappa shape index (κ2) is 4.99. The number of nitrogens with zero attached hydrogens (tertiary/aromatic N) is 2. The summed E-state index contributed by atoms with van der Waals surface area (Å²) in [6.07, 6.45) is 2.38. The zero-order valence-electron chi connectivity index (χ0n) is 8.85. The minimum absolute atomic E-state index is 0.240. The van der Waals surface area contributed by atoms with Crippen LogP contribution in [-0.2, 0) is 5.75 Å². The Hall–Kier alpha value is -0.550. The van der Waals surface area contributed by atoms with Crippen LogP contribution in [0.25, 0.3) is 0 Å². The van der Waals surface area contributed by atoms with E-state index in [4.69, 9.17) is 9.52 Å². The molecule has 15 heavy (non-hydrogen) atoms. The fraction of sp³-hybridized carbons (Fsp3) is 0.800. The summed E-state index contributed by atoms with van der Waals surface area (Å²) < 4.78 is 5.52. The lowest BCUT2D eigenvalue weighted by Crippen LogP contribution is -2.03. The first-order valence-corrected chi connectivity index (χ1v) is 6.46. The van der Waals surface area contributed by atoms with Crippen molar-refractivity contribution in [3.63, 3.8) is 0 Å². The summed E-state index contributed by atoms with van der Waals surface area (Å²) in [7, 11) is 0. The van der Waals surface area contributed by atoms with Gasteiger partial charge in [-0.1, -0.05) is 6.92 Å². The number of hydrogen-bond acceptors (Lipinski definition) is 5. The van der Waals surface area contributed by atoms with E-state index >= 15 is 0 Å². The molecular weight excluding hydrogens is 212 g/mol. The lowest BCUT2D eigenvalue weighted by molar-refractivity contribution is 0.250. The van der Waals surface area contributed by atoms with Gasteiger partial charge >= 0.3 is 0 Å². The van der Waals surface area contributed by atoms with Crippen molar-refractivity contribution in [3.05, 3.63) is 11.8 Å². The SMILES string of the molecule is CC(CO)CSCc1nnc(C2CC2)o1. The maximum Gasteiger partial charge on any atom is 0.226 e. The first-order chi connectivity index (χ1) is 7.29. The van der Waals surface area contributed by atoms with Gasteiger partial charge < -0.3 is 9.52 Å². The minimum atomic E-state index is 0.240. The van der Waals surface area contributed by atoms with Crippen molar-refractivity contribution in [2.24, 2.45) is 5.92 Å². The number of rotatable bonds is 6. The van der Waals surface area contributed by atoms with Gasteiger partial charge in [-0.05, 0) is 24.5 Å². The second-order valence-corrected chi connectivity index (χ2v) is 5.14. The molecule has 1 aliphatic rings. The van der Waals surface area contributed by atoms with Gasteiger partial charge in [-0.3, -0.25) is 0 Å². The molecule has 1 saturated carbocycles. The van der Waals surface area contributed by atoms with Crippen molar-refractivity contribution < 1.29 is 9.52 Å². The Morgan fingerprint density at radius 3 is 3.00 bits per heavy atom. The maximum atomic E-state index is 8.85. The zero-order valence-corrected chi connectivity index (χ0v) is 9.66. The van der Waals surface area contributed by atoms with Gasteiger partial charge in [0.05, 0.1) is 5.75 Å². The predicted molar refractivity (Wildman–Crippen MR) is 58.7 cm³/mol. The van der Waals surface area contributed by atoms with Crippen LogP contribution in [0.2, 0.25) is 0 Å². The van der Waals surface area contributed by atoms with Gasteiger partial charge in [0, 0.05) is 12.5 Å². The summed E-state index contributed by atoms with van der Waals surface area (Å²) in [5, 5.41) is 16.9. The van der Waals surface area contributed by atoms with Crippen LogP contribution < -0.4 is 0 Å². The third kappa shape index (κ3) is 3.21. The van der Waals surface area contributed by atoms with E-state index in [1.165, 1.54) is 12.8 Å². The Kier molecular flexibility index (Phi) is 3.64. The molecule has 1 heterocycles. The van der Waals surface area contributed by atoms with Crippen molar-refractivity contribution in [1.82, 2.24) is 10.2 Å². The Balaban J connectivity index is 1.73. The van der Waals surface area contributed by atoms with Gasteiger partial charge in [-0.25, -0.2) is 0 Å². The van der Waals surface area contributed by atoms with E-state index in [1.807, 2.05) is 6.92 Å². The fourth-order valence-corrected chi connectivity index (χ4v) is 2.14. The molecule has 1 atom stereocenters. The van der Waals surface area contributed by atoms with Crippen LogP contribution in [0.5, 0.6) is 0 Å². The molecule has 1 aliphatic carbocycles. The first kappa shape index (κ1) is 11.0. The Bertz CT molecular complexity index is 312. The van der Waals surface area contributed by atoms with E-state index < -0.39 is 0 Å². The number of aliphatic hydroxyl groups is 1. The van der Waals surface area contributed by atoms with E-state index in [-0.39, 0.29) is 6.61 Å². The van der Waals surface area contributed by atoms with Crippen LogP contribution in [0, 0.1) is 5.92 Å². The number of aliphatic hydroxyl groups excluding tert-OH is 1. The lowest BCUT2D eigenvalue weighted by atomic mass is 10.2. The summed E-state index contributed by atoms with van der Waals surface area (Å²) in [5.41, 5.74) is 0. The lowest BCUT2D eigenvalue weighted by Gasteiger charge is -2.04. The molecule has 4 nitrogen and oxygen atoms in total. The minimum Gasteiger partial charge on any atom is -0.424 e. The molecule has 1 N–H and O–H groups in total. The van der Waals surface area contributed by atoms with Crippen LogP contribution in [0.4, 0.5) is 0 Å². The molecule has 0 saturated heterocycles.